The first kappa shape index (κ1) is 16.1. The first-order valence-corrected chi connectivity index (χ1v) is 7.50. The Hall–Kier alpha value is -2.30. The lowest BCUT2D eigenvalue weighted by atomic mass is 10.2. The van der Waals surface area contributed by atoms with Crippen LogP contribution in [0.15, 0.2) is 42.0 Å². The molecule has 1 amide bonds. The van der Waals surface area contributed by atoms with E-state index in [9.17, 15) is 9.59 Å². The number of hydrogen-bond acceptors (Lipinski definition) is 4. The van der Waals surface area contributed by atoms with Crippen LogP contribution in [0.25, 0.3) is 0 Å². The van der Waals surface area contributed by atoms with Crippen molar-refractivity contribution < 1.29 is 19.1 Å². The number of benzene rings is 1. The Morgan fingerprint density at radius 3 is 2.77 bits per heavy atom. The zero-order valence-corrected chi connectivity index (χ0v) is 12.7. The predicted molar refractivity (Wildman–Crippen MR) is 82.1 cm³/mol. The summed E-state index contributed by atoms with van der Waals surface area (Å²) in [5.74, 6) is -0.315. The second-order valence-electron chi connectivity index (χ2n) is 5.20. The molecule has 22 heavy (non-hydrogen) atoms. The largest absolute Gasteiger partial charge is 0.463 e. The average molecular weight is 303 g/mol. The molecule has 118 valence electrons. The topological polar surface area (TPSA) is 64.6 Å². The molecule has 0 aromatic heterocycles. The number of esters is 1. The van der Waals surface area contributed by atoms with Crippen LogP contribution < -0.4 is 5.32 Å². The molecule has 1 aliphatic rings. The molecule has 2 rings (SSSR count). The van der Waals surface area contributed by atoms with Gasteiger partial charge in [0.2, 0.25) is 0 Å². The Labute approximate surface area is 130 Å². The molecule has 1 unspecified atom stereocenters. The summed E-state index contributed by atoms with van der Waals surface area (Å²) in [4.78, 5) is 23.1. The van der Waals surface area contributed by atoms with Crippen LogP contribution in [-0.4, -0.2) is 24.7 Å². The van der Waals surface area contributed by atoms with E-state index in [0.29, 0.717) is 13.0 Å². The minimum Gasteiger partial charge on any atom is -0.463 e. The highest BCUT2D eigenvalue weighted by atomic mass is 16.5. The molecule has 1 fully saturated rings. The molecule has 1 atom stereocenters. The molecule has 5 nitrogen and oxygen atoms in total. The molecule has 0 spiro atoms. The van der Waals surface area contributed by atoms with Crippen molar-refractivity contribution in [2.45, 2.75) is 38.8 Å². The van der Waals surface area contributed by atoms with Crippen molar-refractivity contribution in [3.63, 3.8) is 0 Å². The van der Waals surface area contributed by atoms with Gasteiger partial charge in [0, 0.05) is 12.1 Å². The van der Waals surface area contributed by atoms with E-state index in [4.69, 9.17) is 9.47 Å². The van der Waals surface area contributed by atoms with Gasteiger partial charge in [0.1, 0.15) is 6.61 Å². The summed E-state index contributed by atoms with van der Waals surface area (Å²) in [6.45, 7) is 2.40. The molecule has 1 aromatic carbocycles. The van der Waals surface area contributed by atoms with Crippen LogP contribution in [0.1, 0.15) is 31.7 Å². The second kappa shape index (κ2) is 8.22. The van der Waals surface area contributed by atoms with E-state index in [2.05, 4.69) is 5.32 Å². The first-order chi connectivity index (χ1) is 10.7. The summed E-state index contributed by atoms with van der Waals surface area (Å²) >= 11 is 0. The van der Waals surface area contributed by atoms with Crippen LogP contribution in [0.5, 0.6) is 0 Å². The lowest BCUT2D eigenvalue weighted by molar-refractivity contribution is -0.137. The number of rotatable bonds is 5. The third kappa shape index (κ3) is 5.24. The Morgan fingerprint density at radius 2 is 2.05 bits per heavy atom. The molecule has 0 radical (unpaired) electrons. The minimum absolute atomic E-state index is 0.0175. The molecule has 0 heterocycles. The van der Waals surface area contributed by atoms with Gasteiger partial charge in [0.15, 0.2) is 0 Å². The lowest BCUT2D eigenvalue weighted by Gasteiger charge is -2.12. The van der Waals surface area contributed by atoms with Gasteiger partial charge < -0.3 is 14.8 Å². The van der Waals surface area contributed by atoms with E-state index in [1.165, 1.54) is 6.08 Å². The van der Waals surface area contributed by atoms with Crippen molar-refractivity contribution >= 4 is 12.1 Å². The molecular formula is C17H21NO4. The maximum atomic E-state index is 11.8. The van der Waals surface area contributed by atoms with E-state index < -0.39 is 6.09 Å². The Balaban J connectivity index is 1.73. The highest BCUT2D eigenvalue weighted by Gasteiger charge is 2.22. The van der Waals surface area contributed by atoms with Gasteiger partial charge in [-0.25, -0.2) is 9.59 Å². The molecular weight excluding hydrogens is 282 g/mol. The van der Waals surface area contributed by atoms with Crippen molar-refractivity contribution in [3.8, 4) is 0 Å². The fraction of sp³-hybridized carbons (Fsp3) is 0.412. The molecule has 0 bridgehead atoms. The monoisotopic (exact) mass is 303 g/mol. The Morgan fingerprint density at radius 1 is 1.27 bits per heavy atom. The highest BCUT2D eigenvalue weighted by molar-refractivity contribution is 5.82. The lowest BCUT2D eigenvalue weighted by Crippen LogP contribution is -2.33. The van der Waals surface area contributed by atoms with Gasteiger partial charge in [-0.2, -0.15) is 0 Å². The van der Waals surface area contributed by atoms with Gasteiger partial charge in [0.25, 0.3) is 0 Å². The quantitative estimate of drug-likeness (QED) is 0.671. The molecule has 1 N–H and O–H groups in total. The fourth-order valence-corrected chi connectivity index (χ4v) is 2.42. The highest BCUT2D eigenvalue weighted by Crippen LogP contribution is 2.24. The fourth-order valence-electron chi connectivity index (χ4n) is 2.42. The van der Waals surface area contributed by atoms with Crippen LogP contribution in [-0.2, 0) is 20.9 Å². The molecule has 1 saturated carbocycles. The number of nitrogens with one attached hydrogen (secondary N) is 1. The molecule has 5 heteroatoms. The number of alkyl carbamates (subject to hydrolysis) is 1. The number of amides is 1. The van der Waals surface area contributed by atoms with Gasteiger partial charge in [-0.1, -0.05) is 35.9 Å². The third-order valence-corrected chi connectivity index (χ3v) is 3.47. The van der Waals surface area contributed by atoms with Crippen molar-refractivity contribution in [2.24, 2.45) is 0 Å². The van der Waals surface area contributed by atoms with Crippen molar-refractivity contribution in [1.82, 2.24) is 5.32 Å². The standard InChI is InChI=1S/C17H21NO4/c1-2-21-16(19)11-14-8-9-15(10-14)18-17(20)22-12-13-6-4-3-5-7-13/h3-7,11,15H,2,8-10,12H2,1H3,(H,18,20). The van der Waals surface area contributed by atoms with Crippen LogP contribution in [0.3, 0.4) is 0 Å². The van der Waals surface area contributed by atoms with E-state index in [0.717, 1.165) is 24.0 Å². The SMILES string of the molecule is CCOC(=O)C=C1CCC(NC(=O)OCc2ccccc2)C1. The van der Waals surface area contributed by atoms with Crippen LogP contribution in [0.4, 0.5) is 4.79 Å². The Kier molecular flexibility index (Phi) is 6.01. The van der Waals surface area contributed by atoms with E-state index >= 15 is 0 Å². The summed E-state index contributed by atoms with van der Waals surface area (Å²) in [6.07, 6.45) is 3.37. The summed E-state index contributed by atoms with van der Waals surface area (Å²) in [5, 5.41) is 2.83. The van der Waals surface area contributed by atoms with E-state index in [1.807, 2.05) is 30.3 Å². The van der Waals surface area contributed by atoms with Gasteiger partial charge in [-0.05, 0) is 31.7 Å². The van der Waals surface area contributed by atoms with E-state index in [1.54, 1.807) is 6.92 Å². The number of carbonyl (C=O) groups is 2. The number of hydrogen-bond donors (Lipinski definition) is 1. The van der Waals surface area contributed by atoms with Crippen LogP contribution >= 0.6 is 0 Å². The van der Waals surface area contributed by atoms with Crippen LogP contribution in [0, 0.1) is 0 Å². The van der Waals surface area contributed by atoms with Crippen molar-refractivity contribution in [2.75, 3.05) is 6.61 Å². The average Bonchev–Trinajstić information content (AvgIpc) is 2.93. The predicted octanol–water partition coefficient (Wildman–Crippen LogP) is 2.95. The van der Waals surface area contributed by atoms with Crippen molar-refractivity contribution in [1.29, 1.82) is 0 Å². The smallest absolute Gasteiger partial charge is 0.407 e. The van der Waals surface area contributed by atoms with Gasteiger partial charge >= 0.3 is 12.1 Å². The summed E-state index contributed by atoms with van der Waals surface area (Å²) < 4.78 is 10.1. The molecule has 0 saturated heterocycles. The maximum Gasteiger partial charge on any atom is 0.407 e. The summed E-state index contributed by atoms with van der Waals surface area (Å²) in [5.41, 5.74) is 1.96. The van der Waals surface area contributed by atoms with E-state index in [-0.39, 0.29) is 18.6 Å². The zero-order chi connectivity index (χ0) is 15.8. The number of carbonyl (C=O) groups excluding carboxylic acids is 2. The zero-order valence-electron chi connectivity index (χ0n) is 12.7. The van der Waals surface area contributed by atoms with Gasteiger partial charge in [0.05, 0.1) is 6.61 Å². The minimum atomic E-state index is -0.425. The Bertz CT molecular complexity index is 539. The number of ether oxygens (including phenoxy) is 2. The molecule has 1 aliphatic carbocycles. The molecule has 0 aliphatic heterocycles. The normalized spacial score (nSPS) is 19.0. The van der Waals surface area contributed by atoms with Crippen molar-refractivity contribution in [3.05, 3.63) is 47.5 Å². The maximum absolute atomic E-state index is 11.8. The second-order valence-corrected chi connectivity index (χ2v) is 5.20. The summed E-state index contributed by atoms with van der Waals surface area (Å²) in [6, 6.07) is 9.55. The molecule has 1 aromatic rings. The summed E-state index contributed by atoms with van der Waals surface area (Å²) in [7, 11) is 0. The first-order valence-electron chi connectivity index (χ1n) is 7.50. The van der Waals surface area contributed by atoms with Gasteiger partial charge in [-0.15, -0.1) is 0 Å². The third-order valence-electron chi connectivity index (χ3n) is 3.47. The van der Waals surface area contributed by atoms with Gasteiger partial charge in [-0.3, -0.25) is 0 Å². The van der Waals surface area contributed by atoms with Crippen LogP contribution in [0.2, 0.25) is 0 Å².